The van der Waals surface area contributed by atoms with E-state index >= 15 is 0 Å². The van der Waals surface area contributed by atoms with Crippen LogP contribution in [0.4, 0.5) is 0 Å². The Hall–Kier alpha value is -2.63. The zero-order chi connectivity index (χ0) is 18.1. The van der Waals surface area contributed by atoms with Crippen LogP contribution in [0.15, 0.2) is 28.8 Å². The number of carbonyl (C=O) groups excluding carboxylic acids is 1. The molecule has 0 bridgehead atoms. The van der Waals surface area contributed by atoms with E-state index in [2.05, 4.69) is 5.16 Å². The zero-order valence-electron chi connectivity index (χ0n) is 14.6. The van der Waals surface area contributed by atoms with Crippen LogP contribution in [0.25, 0.3) is 0 Å². The third-order valence-corrected chi connectivity index (χ3v) is 5.42. The molecule has 1 atom stereocenters. The number of rotatable bonds is 4. The van der Waals surface area contributed by atoms with Crippen molar-refractivity contribution in [2.24, 2.45) is 5.92 Å². The first-order chi connectivity index (χ1) is 12.6. The second-order valence-corrected chi connectivity index (χ2v) is 7.26. The monoisotopic (exact) mass is 354 g/mol. The number of hydrogen-bond donors (Lipinski definition) is 1. The fraction of sp³-hybridized carbons (Fsp3) is 0.450. The molecular formula is C20H22N2O4. The van der Waals surface area contributed by atoms with Gasteiger partial charge in [0.1, 0.15) is 5.76 Å². The molecule has 2 aromatic rings. The Labute approximate surface area is 151 Å². The fourth-order valence-corrected chi connectivity index (χ4v) is 4.05. The number of hydrogen-bond acceptors (Lipinski definition) is 4. The van der Waals surface area contributed by atoms with Crippen LogP contribution in [-0.4, -0.2) is 40.1 Å². The van der Waals surface area contributed by atoms with Crippen molar-refractivity contribution in [2.45, 2.75) is 38.5 Å². The van der Waals surface area contributed by atoms with Gasteiger partial charge < -0.3 is 14.5 Å². The molecule has 2 heterocycles. The maximum absolute atomic E-state index is 12.8. The van der Waals surface area contributed by atoms with Gasteiger partial charge in [0.2, 0.25) is 0 Å². The second kappa shape index (κ2) is 6.94. The maximum atomic E-state index is 12.8. The Morgan fingerprint density at radius 2 is 2.12 bits per heavy atom. The van der Waals surface area contributed by atoms with Gasteiger partial charge in [0.25, 0.3) is 5.91 Å². The van der Waals surface area contributed by atoms with E-state index in [0.29, 0.717) is 30.3 Å². The molecule has 0 saturated carbocycles. The highest BCUT2D eigenvalue weighted by molar-refractivity contribution is 5.94. The minimum Gasteiger partial charge on any atom is -0.478 e. The van der Waals surface area contributed by atoms with Crippen LogP contribution < -0.4 is 0 Å². The van der Waals surface area contributed by atoms with Crippen molar-refractivity contribution in [3.63, 3.8) is 0 Å². The molecule has 6 heteroatoms. The molecule has 4 rings (SSSR count). The molecule has 1 aliphatic heterocycles. The van der Waals surface area contributed by atoms with Gasteiger partial charge in [0, 0.05) is 25.1 Å². The molecule has 0 spiro atoms. The average Bonchev–Trinajstić information content (AvgIpc) is 3.28. The summed E-state index contributed by atoms with van der Waals surface area (Å²) in [4.78, 5) is 25.8. The highest BCUT2D eigenvalue weighted by atomic mass is 16.5. The number of likely N-dealkylation sites (tertiary alicyclic amines) is 1. The highest BCUT2D eigenvalue weighted by Gasteiger charge is 2.32. The number of aryl methyl sites for hydroxylation is 1. The molecule has 1 aromatic carbocycles. The van der Waals surface area contributed by atoms with Crippen molar-refractivity contribution in [1.82, 2.24) is 10.1 Å². The van der Waals surface area contributed by atoms with Gasteiger partial charge in [-0.05, 0) is 55.7 Å². The third kappa shape index (κ3) is 3.23. The molecule has 1 aromatic heterocycles. The predicted octanol–water partition coefficient (Wildman–Crippen LogP) is 2.96. The number of carbonyl (C=O) groups is 2. The first-order valence-electron chi connectivity index (χ1n) is 9.20. The van der Waals surface area contributed by atoms with Crippen molar-refractivity contribution in [3.05, 3.63) is 52.4 Å². The SMILES string of the molecule is O=C(O)c1cccc(C[C@@H]2CCN(C(=O)c3noc4c3CCCC4)C2)c1. The first-order valence-corrected chi connectivity index (χ1v) is 9.20. The van der Waals surface area contributed by atoms with E-state index in [1.165, 1.54) is 0 Å². The zero-order valence-corrected chi connectivity index (χ0v) is 14.6. The van der Waals surface area contributed by atoms with Gasteiger partial charge in [-0.2, -0.15) is 0 Å². The minimum atomic E-state index is -0.911. The summed E-state index contributed by atoms with van der Waals surface area (Å²) in [5.74, 6) is 0.274. The lowest BCUT2D eigenvalue weighted by molar-refractivity contribution is 0.0696. The number of carboxylic acids is 1. The maximum Gasteiger partial charge on any atom is 0.335 e. The van der Waals surface area contributed by atoms with Gasteiger partial charge in [0.15, 0.2) is 5.69 Å². The normalized spacial score (nSPS) is 19.4. The molecule has 0 radical (unpaired) electrons. The van der Waals surface area contributed by atoms with Crippen molar-refractivity contribution in [1.29, 1.82) is 0 Å². The Kier molecular flexibility index (Phi) is 4.49. The molecule has 6 nitrogen and oxygen atoms in total. The van der Waals surface area contributed by atoms with Gasteiger partial charge in [-0.1, -0.05) is 17.3 Å². The number of aromatic carboxylic acids is 1. The minimum absolute atomic E-state index is 0.0290. The summed E-state index contributed by atoms with van der Waals surface area (Å²) in [6, 6.07) is 7.05. The molecule has 1 amide bonds. The number of aromatic nitrogens is 1. The van der Waals surface area contributed by atoms with E-state index in [-0.39, 0.29) is 5.91 Å². The third-order valence-electron chi connectivity index (χ3n) is 5.42. The lowest BCUT2D eigenvalue weighted by Crippen LogP contribution is -2.30. The first kappa shape index (κ1) is 16.8. The topological polar surface area (TPSA) is 83.6 Å². The summed E-state index contributed by atoms with van der Waals surface area (Å²) in [6.45, 7) is 1.39. The summed E-state index contributed by atoms with van der Waals surface area (Å²) in [7, 11) is 0. The van der Waals surface area contributed by atoms with Crippen LogP contribution in [0, 0.1) is 5.92 Å². The van der Waals surface area contributed by atoms with Crippen LogP contribution in [0.2, 0.25) is 0 Å². The molecule has 0 unspecified atom stereocenters. The van der Waals surface area contributed by atoms with Gasteiger partial charge in [-0.3, -0.25) is 4.79 Å². The van der Waals surface area contributed by atoms with Crippen LogP contribution in [0.3, 0.4) is 0 Å². The van der Waals surface area contributed by atoms with Crippen LogP contribution in [-0.2, 0) is 19.3 Å². The Morgan fingerprint density at radius 1 is 1.27 bits per heavy atom. The molecule has 1 saturated heterocycles. The van der Waals surface area contributed by atoms with Crippen molar-refractivity contribution in [3.8, 4) is 0 Å². The Bertz CT molecular complexity index is 842. The molecule has 1 N–H and O–H groups in total. The average molecular weight is 354 g/mol. The number of amides is 1. The standard InChI is InChI=1S/C20H22N2O4/c23-19(18-16-6-1-2-7-17(16)26-21-18)22-9-8-14(12-22)10-13-4-3-5-15(11-13)20(24)25/h3-5,11,14H,1-2,6-10,12H2,(H,24,25)/t14-/m0/s1. The van der Waals surface area contributed by atoms with E-state index < -0.39 is 5.97 Å². The number of fused-ring (bicyclic) bond motifs is 1. The van der Waals surface area contributed by atoms with Crippen molar-refractivity contribution >= 4 is 11.9 Å². The van der Waals surface area contributed by atoms with E-state index in [9.17, 15) is 9.59 Å². The molecule has 2 aliphatic rings. The Balaban J connectivity index is 1.42. The van der Waals surface area contributed by atoms with E-state index in [4.69, 9.17) is 9.63 Å². The van der Waals surface area contributed by atoms with E-state index in [1.54, 1.807) is 18.2 Å². The fourth-order valence-electron chi connectivity index (χ4n) is 4.05. The number of benzene rings is 1. The predicted molar refractivity (Wildman–Crippen MR) is 94.3 cm³/mol. The van der Waals surface area contributed by atoms with Gasteiger partial charge in [0.05, 0.1) is 5.56 Å². The van der Waals surface area contributed by atoms with E-state index in [0.717, 1.165) is 55.4 Å². The molecule has 1 aliphatic carbocycles. The molecular weight excluding hydrogens is 332 g/mol. The van der Waals surface area contributed by atoms with Crippen LogP contribution >= 0.6 is 0 Å². The lowest BCUT2D eigenvalue weighted by Gasteiger charge is -2.17. The summed E-state index contributed by atoms with van der Waals surface area (Å²) in [6.07, 6.45) is 5.62. The highest BCUT2D eigenvalue weighted by Crippen LogP contribution is 2.28. The van der Waals surface area contributed by atoms with Gasteiger partial charge >= 0.3 is 5.97 Å². The second-order valence-electron chi connectivity index (χ2n) is 7.26. The summed E-state index contributed by atoms with van der Waals surface area (Å²) >= 11 is 0. The van der Waals surface area contributed by atoms with Gasteiger partial charge in [-0.15, -0.1) is 0 Å². The molecule has 136 valence electrons. The quantitative estimate of drug-likeness (QED) is 0.913. The number of carboxylic acid groups (broad SMARTS) is 1. The summed E-state index contributed by atoms with van der Waals surface area (Å²) < 4.78 is 5.37. The largest absolute Gasteiger partial charge is 0.478 e. The van der Waals surface area contributed by atoms with Crippen LogP contribution in [0.1, 0.15) is 57.0 Å². The van der Waals surface area contributed by atoms with Crippen molar-refractivity contribution in [2.75, 3.05) is 13.1 Å². The number of nitrogens with zero attached hydrogens (tertiary/aromatic N) is 2. The van der Waals surface area contributed by atoms with Crippen LogP contribution in [0.5, 0.6) is 0 Å². The summed E-state index contributed by atoms with van der Waals surface area (Å²) in [5.41, 5.74) is 2.80. The summed E-state index contributed by atoms with van der Waals surface area (Å²) in [5, 5.41) is 13.2. The molecule has 26 heavy (non-hydrogen) atoms. The van der Waals surface area contributed by atoms with Crippen molar-refractivity contribution < 1.29 is 19.2 Å². The van der Waals surface area contributed by atoms with E-state index in [1.807, 2.05) is 11.0 Å². The smallest absolute Gasteiger partial charge is 0.335 e. The lowest BCUT2D eigenvalue weighted by atomic mass is 9.96. The molecule has 1 fully saturated rings. The van der Waals surface area contributed by atoms with Gasteiger partial charge in [-0.25, -0.2) is 4.79 Å². The Morgan fingerprint density at radius 3 is 2.96 bits per heavy atom.